The number of fused-ring (bicyclic) bond motifs is 1. The molecule has 3 aliphatic rings. The number of benzene rings is 2. The predicted octanol–water partition coefficient (Wildman–Crippen LogP) is 3.22. The summed E-state index contributed by atoms with van der Waals surface area (Å²) in [5.74, 6) is 0.253. The fourth-order valence-electron chi connectivity index (χ4n) is 5.45. The molecule has 2 atom stereocenters. The highest BCUT2D eigenvalue weighted by Gasteiger charge is 2.35. The topological polar surface area (TPSA) is 47.6 Å². The molecule has 0 aromatic heterocycles. The number of carbonyl (C=O) groups excluding carboxylic acids is 1. The van der Waals surface area contributed by atoms with Crippen LogP contribution in [0.1, 0.15) is 50.1 Å². The average Bonchev–Trinajstić information content (AvgIpc) is 3.29. The molecular formula is C24H32N4O. The van der Waals surface area contributed by atoms with Gasteiger partial charge in [0.15, 0.2) is 0 Å². The third-order valence-corrected chi connectivity index (χ3v) is 7.12. The van der Waals surface area contributed by atoms with E-state index < -0.39 is 0 Å². The number of amides is 1. The highest BCUT2D eigenvalue weighted by atomic mass is 16.2. The molecule has 5 heteroatoms. The van der Waals surface area contributed by atoms with Crippen LogP contribution in [0.3, 0.4) is 0 Å². The molecule has 0 spiro atoms. The number of hydrazine groups is 1. The van der Waals surface area contributed by atoms with E-state index in [1.807, 2.05) is 0 Å². The van der Waals surface area contributed by atoms with Crippen molar-refractivity contribution in [2.24, 2.45) is 0 Å². The molecule has 2 aliphatic heterocycles. The van der Waals surface area contributed by atoms with Gasteiger partial charge in [0.05, 0.1) is 0 Å². The van der Waals surface area contributed by atoms with Crippen molar-refractivity contribution in [1.29, 1.82) is 0 Å². The monoisotopic (exact) mass is 392 g/mol. The molecule has 2 heterocycles. The van der Waals surface area contributed by atoms with Gasteiger partial charge in [-0.2, -0.15) is 0 Å². The second-order valence-electron chi connectivity index (χ2n) is 8.85. The van der Waals surface area contributed by atoms with Gasteiger partial charge in [-0.1, -0.05) is 61.7 Å². The van der Waals surface area contributed by atoms with Crippen molar-refractivity contribution in [3.05, 3.63) is 48.0 Å². The molecule has 2 saturated heterocycles. The lowest BCUT2D eigenvalue weighted by Crippen LogP contribution is -2.55. The zero-order valence-electron chi connectivity index (χ0n) is 17.1. The molecule has 2 aromatic carbocycles. The third-order valence-electron chi connectivity index (χ3n) is 7.12. The zero-order valence-corrected chi connectivity index (χ0v) is 17.1. The van der Waals surface area contributed by atoms with E-state index in [0.29, 0.717) is 0 Å². The molecule has 1 aliphatic carbocycles. The van der Waals surface area contributed by atoms with Crippen LogP contribution in [0.25, 0.3) is 10.8 Å². The molecule has 2 aromatic rings. The molecule has 1 amide bonds. The summed E-state index contributed by atoms with van der Waals surface area (Å²) in [6.45, 7) is 3.80. The van der Waals surface area contributed by atoms with Gasteiger partial charge in [-0.05, 0) is 35.6 Å². The molecule has 5 rings (SSSR count). The van der Waals surface area contributed by atoms with Crippen molar-refractivity contribution in [1.82, 2.24) is 20.7 Å². The maximum Gasteiger partial charge on any atom is 0.241 e. The molecule has 2 N–H and O–H groups in total. The van der Waals surface area contributed by atoms with Gasteiger partial charge in [-0.15, -0.1) is 0 Å². The minimum Gasteiger partial charge on any atom is -0.339 e. The van der Waals surface area contributed by atoms with E-state index in [1.54, 1.807) is 0 Å². The van der Waals surface area contributed by atoms with Crippen molar-refractivity contribution in [2.45, 2.75) is 56.7 Å². The van der Waals surface area contributed by atoms with Gasteiger partial charge < -0.3 is 4.90 Å². The molecule has 0 bridgehead atoms. The van der Waals surface area contributed by atoms with Crippen LogP contribution in [0.4, 0.5) is 0 Å². The van der Waals surface area contributed by atoms with Gasteiger partial charge in [0.2, 0.25) is 5.91 Å². The van der Waals surface area contributed by atoms with E-state index in [0.717, 1.165) is 38.6 Å². The summed E-state index contributed by atoms with van der Waals surface area (Å²) in [5, 5.41) is 2.52. The lowest BCUT2D eigenvalue weighted by molar-refractivity contribution is -0.135. The Morgan fingerprint density at radius 3 is 2.45 bits per heavy atom. The maximum absolute atomic E-state index is 13.1. The second kappa shape index (κ2) is 8.42. The highest BCUT2D eigenvalue weighted by Crippen LogP contribution is 2.30. The first-order chi connectivity index (χ1) is 14.3. The molecule has 3 fully saturated rings. The fraction of sp³-hybridized carbons (Fsp3) is 0.542. The molecule has 5 nitrogen and oxygen atoms in total. The SMILES string of the molecule is O=C(C1CC(c2cccc3ccccc23)NN1)N1CCN(C2CCCCC2)CC1. The van der Waals surface area contributed by atoms with E-state index in [9.17, 15) is 4.79 Å². The van der Waals surface area contributed by atoms with E-state index in [4.69, 9.17) is 0 Å². The Bertz CT molecular complexity index is 850. The molecule has 1 saturated carbocycles. The molecule has 154 valence electrons. The number of nitrogens with zero attached hydrogens (tertiary/aromatic N) is 2. The van der Waals surface area contributed by atoms with Crippen molar-refractivity contribution < 1.29 is 4.79 Å². The lowest BCUT2D eigenvalue weighted by Gasteiger charge is -2.41. The van der Waals surface area contributed by atoms with Crippen LogP contribution in [-0.4, -0.2) is 54.0 Å². The minimum atomic E-state index is -0.139. The van der Waals surface area contributed by atoms with Gasteiger partial charge in [0, 0.05) is 38.3 Å². The Morgan fingerprint density at radius 1 is 0.862 bits per heavy atom. The quantitative estimate of drug-likeness (QED) is 0.842. The summed E-state index contributed by atoms with van der Waals surface area (Å²) in [6, 6.07) is 15.7. The standard InChI is InChI=1S/C24H32N4O/c29-24(28-15-13-27(14-16-28)19-9-2-1-3-10-19)23-17-22(25-26-23)21-12-6-8-18-7-4-5-11-20(18)21/h4-8,11-12,19,22-23,25-26H,1-3,9-10,13-17H2. The van der Waals surface area contributed by atoms with Crippen LogP contribution in [0.15, 0.2) is 42.5 Å². The molecule has 2 unspecified atom stereocenters. The zero-order chi connectivity index (χ0) is 19.6. The van der Waals surface area contributed by atoms with Crippen LogP contribution in [0.2, 0.25) is 0 Å². The normalized spacial score (nSPS) is 26.8. The first-order valence-electron chi connectivity index (χ1n) is 11.3. The van der Waals surface area contributed by atoms with E-state index >= 15 is 0 Å². The average molecular weight is 393 g/mol. The number of hydrogen-bond donors (Lipinski definition) is 2. The van der Waals surface area contributed by atoms with Crippen molar-refractivity contribution in [3.63, 3.8) is 0 Å². The minimum absolute atomic E-state index is 0.139. The Hall–Kier alpha value is -1.95. The van der Waals surface area contributed by atoms with E-state index in [-0.39, 0.29) is 18.0 Å². The van der Waals surface area contributed by atoms with Gasteiger partial charge >= 0.3 is 0 Å². The number of carbonyl (C=O) groups is 1. The Kier molecular flexibility index (Phi) is 5.53. The maximum atomic E-state index is 13.1. The summed E-state index contributed by atoms with van der Waals surface area (Å²) in [4.78, 5) is 17.8. The molecule has 29 heavy (non-hydrogen) atoms. The van der Waals surface area contributed by atoms with Crippen LogP contribution in [0, 0.1) is 0 Å². The molecular weight excluding hydrogens is 360 g/mol. The number of nitrogens with one attached hydrogen (secondary N) is 2. The number of piperazine rings is 1. The van der Waals surface area contributed by atoms with Crippen LogP contribution < -0.4 is 10.9 Å². The largest absolute Gasteiger partial charge is 0.339 e. The van der Waals surface area contributed by atoms with E-state index in [2.05, 4.69) is 63.1 Å². The van der Waals surface area contributed by atoms with Crippen molar-refractivity contribution >= 4 is 16.7 Å². The Balaban J connectivity index is 1.20. The summed E-state index contributed by atoms with van der Waals surface area (Å²) in [7, 11) is 0. The first-order valence-corrected chi connectivity index (χ1v) is 11.3. The summed E-state index contributed by atoms with van der Waals surface area (Å²) >= 11 is 0. The van der Waals surface area contributed by atoms with Crippen LogP contribution in [-0.2, 0) is 4.79 Å². The second-order valence-corrected chi connectivity index (χ2v) is 8.85. The fourth-order valence-corrected chi connectivity index (χ4v) is 5.45. The third kappa shape index (κ3) is 3.91. The van der Waals surface area contributed by atoms with Gasteiger partial charge in [0.1, 0.15) is 6.04 Å². The van der Waals surface area contributed by atoms with Gasteiger partial charge in [-0.3, -0.25) is 9.69 Å². The van der Waals surface area contributed by atoms with Crippen molar-refractivity contribution in [2.75, 3.05) is 26.2 Å². The summed E-state index contributed by atoms with van der Waals surface area (Å²) in [6.07, 6.45) is 7.63. The predicted molar refractivity (Wildman–Crippen MR) is 116 cm³/mol. The summed E-state index contributed by atoms with van der Waals surface area (Å²) < 4.78 is 0. The van der Waals surface area contributed by atoms with Gasteiger partial charge in [-0.25, -0.2) is 10.9 Å². The number of rotatable bonds is 3. The van der Waals surface area contributed by atoms with Crippen LogP contribution >= 0.6 is 0 Å². The summed E-state index contributed by atoms with van der Waals surface area (Å²) in [5.41, 5.74) is 7.95. The Morgan fingerprint density at radius 2 is 1.62 bits per heavy atom. The van der Waals surface area contributed by atoms with Crippen LogP contribution in [0.5, 0.6) is 0 Å². The van der Waals surface area contributed by atoms with Gasteiger partial charge in [0.25, 0.3) is 0 Å². The number of hydrogen-bond acceptors (Lipinski definition) is 4. The first kappa shape index (κ1) is 19.0. The van der Waals surface area contributed by atoms with E-state index in [1.165, 1.54) is 48.4 Å². The molecule has 0 radical (unpaired) electrons. The highest BCUT2D eigenvalue weighted by molar-refractivity contribution is 5.87. The van der Waals surface area contributed by atoms with Crippen molar-refractivity contribution in [3.8, 4) is 0 Å². The smallest absolute Gasteiger partial charge is 0.241 e. The lowest BCUT2D eigenvalue weighted by atomic mass is 9.93. The Labute approximate surface area is 173 Å².